The number of rotatable bonds is 5. The second-order valence-electron chi connectivity index (χ2n) is 6.03. The van der Waals surface area contributed by atoms with E-state index in [0.717, 1.165) is 40.6 Å². The molecular formula is C18H18ClF3N2S. The molecule has 1 aromatic carbocycles. The van der Waals surface area contributed by atoms with E-state index in [1.54, 1.807) is 6.07 Å². The van der Waals surface area contributed by atoms with E-state index >= 15 is 0 Å². The number of alkyl halides is 3. The maximum absolute atomic E-state index is 13.5. The molecule has 2 aromatic heterocycles. The molecule has 0 amide bonds. The van der Waals surface area contributed by atoms with Crippen LogP contribution in [0.3, 0.4) is 0 Å². The number of H-pyrrole nitrogens is 1. The first-order chi connectivity index (χ1) is 11.8. The minimum Gasteiger partial charge on any atom is -0.353 e. The normalized spacial score (nSPS) is 12.2. The van der Waals surface area contributed by atoms with E-state index in [1.165, 1.54) is 11.3 Å². The van der Waals surface area contributed by atoms with Crippen LogP contribution in [-0.4, -0.2) is 11.5 Å². The van der Waals surface area contributed by atoms with Crippen molar-refractivity contribution < 1.29 is 13.2 Å². The Morgan fingerprint density at radius 1 is 1.24 bits per heavy atom. The van der Waals surface area contributed by atoms with Crippen molar-refractivity contribution in [3.63, 3.8) is 0 Å². The van der Waals surface area contributed by atoms with Crippen LogP contribution in [0.4, 0.5) is 13.2 Å². The average molecular weight is 387 g/mol. The molecule has 0 bridgehead atoms. The number of fused-ring (bicyclic) bond motifs is 1. The second kappa shape index (κ2) is 7.02. The molecule has 25 heavy (non-hydrogen) atoms. The van der Waals surface area contributed by atoms with Crippen molar-refractivity contribution in [2.24, 2.45) is 5.73 Å². The maximum atomic E-state index is 13.5. The molecule has 0 aliphatic rings. The maximum Gasteiger partial charge on any atom is 0.418 e. The predicted octanol–water partition coefficient (Wildman–Crippen LogP) is 6.16. The third-order valence-electron chi connectivity index (χ3n) is 4.26. The van der Waals surface area contributed by atoms with Gasteiger partial charge in [-0.05, 0) is 67.4 Å². The topological polar surface area (TPSA) is 41.8 Å². The molecule has 134 valence electrons. The highest BCUT2D eigenvalue weighted by Crippen LogP contribution is 2.42. The molecule has 0 saturated heterocycles. The molecular weight excluding hydrogens is 369 g/mol. The molecule has 3 rings (SSSR count). The van der Waals surface area contributed by atoms with Gasteiger partial charge < -0.3 is 10.7 Å². The summed E-state index contributed by atoms with van der Waals surface area (Å²) in [5, 5.41) is 2.57. The number of benzene rings is 1. The van der Waals surface area contributed by atoms with Crippen LogP contribution in [0.2, 0.25) is 5.02 Å². The highest BCUT2D eigenvalue weighted by atomic mass is 35.5. The van der Waals surface area contributed by atoms with E-state index in [2.05, 4.69) is 4.98 Å². The molecule has 7 heteroatoms. The van der Waals surface area contributed by atoms with Crippen molar-refractivity contribution in [3.8, 4) is 10.6 Å². The SMILES string of the molecule is Cc1ccsc1-c1[nH]c2c(C(F)(F)F)cc(Cl)cc2c1CCCCN. The lowest BCUT2D eigenvalue weighted by Gasteiger charge is -2.09. The van der Waals surface area contributed by atoms with Crippen molar-refractivity contribution in [2.45, 2.75) is 32.4 Å². The third-order valence-corrected chi connectivity index (χ3v) is 5.51. The average Bonchev–Trinajstić information content (AvgIpc) is 3.09. The fourth-order valence-electron chi connectivity index (χ4n) is 3.07. The van der Waals surface area contributed by atoms with Crippen molar-refractivity contribution >= 4 is 33.8 Å². The van der Waals surface area contributed by atoms with Crippen molar-refractivity contribution in [1.82, 2.24) is 4.98 Å². The number of thiophene rings is 1. The van der Waals surface area contributed by atoms with E-state index < -0.39 is 11.7 Å². The number of nitrogens with two attached hydrogens (primary N) is 1. The lowest BCUT2D eigenvalue weighted by molar-refractivity contribution is -0.136. The van der Waals surface area contributed by atoms with Gasteiger partial charge in [0.1, 0.15) is 0 Å². The summed E-state index contributed by atoms with van der Waals surface area (Å²) in [6.45, 7) is 2.52. The Morgan fingerprint density at radius 3 is 2.60 bits per heavy atom. The van der Waals surface area contributed by atoms with Crippen LogP contribution in [0.5, 0.6) is 0 Å². The molecule has 0 aliphatic heterocycles. The summed E-state index contributed by atoms with van der Waals surface area (Å²) >= 11 is 7.52. The van der Waals surface area contributed by atoms with Crippen LogP contribution in [0.1, 0.15) is 29.5 Å². The highest BCUT2D eigenvalue weighted by Gasteiger charge is 2.34. The summed E-state index contributed by atoms with van der Waals surface area (Å²) in [5.41, 5.74) is 7.61. The molecule has 2 heterocycles. The summed E-state index contributed by atoms with van der Waals surface area (Å²) in [6, 6.07) is 4.56. The van der Waals surface area contributed by atoms with Gasteiger partial charge in [0, 0.05) is 10.4 Å². The Balaban J connectivity index is 2.27. The van der Waals surface area contributed by atoms with Gasteiger partial charge in [-0.25, -0.2) is 0 Å². The standard InChI is InChI=1S/C18H18ClF3N2S/c1-10-5-7-25-17(10)16-12(4-2-3-6-23)13-8-11(19)9-14(15(13)24-16)18(20,21)22/h5,7-9,24H,2-4,6,23H2,1H3. The highest BCUT2D eigenvalue weighted by molar-refractivity contribution is 7.13. The summed E-state index contributed by atoms with van der Waals surface area (Å²) in [7, 11) is 0. The predicted molar refractivity (Wildman–Crippen MR) is 98.4 cm³/mol. The second-order valence-corrected chi connectivity index (χ2v) is 7.38. The lowest BCUT2D eigenvalue weighted by Crippen LogP contribution is -2.05. The fraction of sp³-hybridized carbons (Fsp3) is 0.333. The molecule has 0 fully saturated rings. The first kappa shape index (κ1) is 18.3. The Morgan fingerprint density at radius 2 is 2.00 bits per heavy atom. The van der Waals surface area contributed by atoms with Crippen molar-refractivity contribution in [1.29, 1.82) is 0 Å². The third kappa shape index (κ3) is 3.57. The smallest absolute Gasteiger partial charge is 0.353 e. The van der Waals surface area contributed by atoms with Gasteiger partial charge >= 0.3 is 6.18 Å². The molecule has 3 N–H and O–H groups in total. The van der Waals surface area contributed by atoms with Gasteiger partial charge in [0.15, 0.2) is 0 Å². The Kier molecular flexibility index (Phi) is 5.14. The number of nitrogens with one attached hydrogen (secondary N) is 1. The van der Waals surface area contributed by atoms with Gasteiger partial charge in [-0.1, -0.05) is 11.6 Å². The number of aromatic nitrogens is 1. The van der Waals surface area contributed by atoms with Crippen LogP contribution in [0.15, 0.2) is 23.6 Å². The van der Waals surface area contributed by atoms with Gasteiger partial charge in [0.25, 0.3) is 0 Å². The van der Waals surface area contributed by atoms with Crippen LogP contribution in [0.25, 0.3) is 21.5 Å². The number of hydrogen-bond donors (Lipinski definition) is 2. The van der Waals surface area contributed by atoms with E-state index in [9.17, 15) is 13.2 Å². The number of hydrogen-bond acceptors (Lipinski definition) is 2. The van der Waals surface area contributed by atoms with E-state index in [4.69, 9.17) is 17.3 Å². The lowest BCUT2D eigenvalue weighted by atomic mass is 10.0. The molecule has 0 radical (unpaired) electrons. The minimum atomic E-state index is -4.47. The van der Waals surface area contributed by atoms with Crippen LogP contribution in [0, 0.1) is 6.92 Å². The molecule has 0 saturated carbocycles. The quantitative estimate of drug-likeness (QED) is 0.507. The Bertz CT molecular complexity index is 896. The zero-order valence-corrected chi connectivity index (χ0v) is 15.2. The first-order valence-corrected chi connectivity index (χ1v) is 9.24. The molecule has 0 aliphatic carbocycles. The Labute approximate surface area is 152 Å². The van der Waals surface area contributed by atoms with Gasteiger partial charge in [-0.2, -0.15) is 13.2 Å². The summed E-state index contributed by atoms with van der Waals surface area (Å²) in [5.74, 6) is 0. The number of halogens is 4. The van der Waals surface area contributed by atoms with Gasteiger partial charge in [-0.15, -0.1) is 11.3 Å². The van der Waals surface area contributed by atoms with Crippen LogP contribution < -0.4 is 5.73 Å². The monoisotopic (exact) mass is 386 g/mol. The molecule has 0 spiro atoms. The summed E-state index contributed by atoms with van der Waals surface area (Å²) < 4.78 is 40.4. The minimum absolute atomic E-state index is 0.0911. The molecule has 2 nitrogen and oxygen atoms in total. The number of aromatic amines is 1. The number of unbranched alkanes of at least 4 members (excludes halogenated alkanes) is 1. The number of aryl methyl sites for hydroxylation is 2. The summed E-state index contributed by atoms with van der Waals surface area (Å²) in [6.07, 6.45) is -2.18. The summed E-state index contributed by atoms with van der Waals surface area (Å²) in [4.78, 5) is 4.00. The molecule has 3 aromatic rings. The van der Waals surface area contributed by atoms with Crippen LogP contribution >= 0.6 is 22.9 Å². The first-order valence-electron chi connectivity index (χ1n) is 7.98. The Hall–Kier alpha value is -1.50. The molecule has 0 unspecified atom stereocenters. The van der Waals surface area contributed by atoms with Gasteiger partial charge in [0.05, 0.1) is 21.7 Å². The van der Waals surface area contributed by atoms with Crippen molar-refractivity contribution in [3.05, 3.63) is 45.3 Å². The molecule has 0 atom stereocenters. The van der Waals surface area contributed by atoms with E-state index in [1.807, 2.05) is 18.4 Å². The van der Waals surface area contributed by atoms with Gasteiger partial charge in [0.2, 0.25) is 0 Å². The van der Waals surface area contributed by atoms with Crippen molar-refractivity contribution in [2.75, 3.05) is 6.54 Å². The van der Waals surface area contributed by atoms with E-state index in [0.29, 0.717) is 18.4 Å². The largest absolute Gasteiger partial charge is 0.418 e. The zero-order valence-electron chi connectivity index (χ0n) is 13.6. The van der Waals surface area contributed by atoms with Gasteiger partial charge in [-0.3, -0.25) is 0 Å². The zero-order chi connectivity index (χ0) is 18.2. The van der Waals surface area contributed by atoms with Crippen LogP contribution in [-0.2, 0) is 12.6 Å². The van der Waals surface area contributed by atoms with E-state index in [-0.39, 0.29) is 10.5 Å². The fourth-order valence-corrected chi connectivity index (χ4v) is 4.24.